The molecule has 0 aliphatic carbocycles. The van der Waals surface area contributed by atoms with Crippen LogP contribution in [-0.4, -0.2) is 39.3 Å². The van der Waals surface area contributed by atoms with E-state index in [-0.39, 0.29) is 9.23 Å². The number of nitrogens with two attached hydrogens (primary N) is 1. The zero-order valence-corrected chi connectivity index (χ0v) is 13.8. The van der Waals surface area contributed by atoms with Gasteiger partial charge in [-0.3, -0.25) is 19.3 Å². The molecule has 1 aliphatic heterocycles. The fraction of sp³-hybridized carbons (Fsp3) is 0.133. The maximum atomic E-state index is 12.4. The molecule has 0 bridgehead atoms. The highest BCUT2D eigenvalue weighted by molar-refractivity contribution is 8.26. The molecule has 2 amide bonds. The molecule has 1 heterocycles. The van der Waals surface area contributed by atoms with Crippen LogP contribution < -0.4 is 10.8 Å². The van der Waals surface area contributed by atoms with Crippen LogP contribution in [0.15, 0.2) is 29.2 Å². The summed E-state index contributed by atoms with van der Waals surface area (Å²) in [6, 6.07) is 4.89. The summed E-state index contributed by atoms with van der Waals surface area (Å²) >= 11 is 5.95. The number of carboxylic acids is 1. The Balaban J connectivity index is 2.29. The van der Waals surface area contributed by atoms with Gasteiger partial charge < -0.3 is 15.6 Å². The average Bonchev–Trinajstić information content (AvgIpc) is 2.79. The van der Waals surface area contributed by atoms with E-state index in [2.05, 4.69) is 0 Å². The van der Waals surface area contributed by atoms with Crippen molar-refractivity contribution in [1.29, 1.82) is 0 Å². The van der Waals surface area contributed by atoms with Crippen molar-refractivity contribution in [3.63, 3.8) is 0 Å². The molecule has 1 aliphatic rings. The minimum atomic E-state index is -1.61. The molecule has 2 N–H and O–H groups in total. The number of primary amides is 1. The smallest absolute Gasteiger partial charge is 0.266 e. The van der Waals surface area contributed by atoms with E-state index in [1.807, 2.05) is 0 Å². The third-order valence-electron chi connectivity index (χ3n) is 3.17. The van der Waals surface area contributed by atoms with Gasteiger partial charge in [-0.2, -0.15) is 0 Å². The van der Waals surface area contributed by atoms with Crippen molar-refractivity contribution in [3.8, 4) is 0 Å². The molecule has 0 aromatic heterocycles. The predicted octanol–water partition coefficient (Wildman–Crippen LogP) is -0.306. The van der Waals surface area contributed by atoms with Crippen LogP contribution in [0.1, 0.15) is 22.3 Å². The number of carboxylic acid groups (broad SMARTS) is 1. The van der Waals surface area contributed by atoms with Gasteiger partial charge in [0.15, 0.2) is 0 Å². The number of carbonyl (C=O) groups excluding carboxylic acids is 4. The summed E-state index contributed by atoms with van der Waals surface area (Å²) in [7, 11) is 0. The zero-order chi connectivity index (χ0) is 17.9. The van der Waals surface area contributed by atoms with Gasteiger partial charge in [-0.25, -0.2) is 0 Å². The van der Waals surface area contributed by atoms with Gasteiger partial charge in [-0.15, -0.1) is 0 Å². The van der Waals surface area contributed by atoms with E-state index in [1.165, 1.54) is 6.08 Å². The highest BCUT2D eigenvalue weighted by atomic mass is 32.2. The van der Waals surface area contributed by atoms with Crippen LogP contribution in [0.3, 0.4) is 0 Å². The summed E-state index contributed by atoms with van der Waals surface area (Å²) in [4.78, 5) is 46.3. The standard InChI is InChI=1S/C15H12N2O5S2/c16-12(19)6-10(14(21)22)17-13(20)11(24-15(17)23)5-8-1-3-9(7-18)4-2-8/h1-5,7,10H,6H2,(H2,16,19)(H,21,22)/p-1/b11-5-/t10-/m0/s1. The Labute approximate surface area is 146 Å². The quantitative estimate of drug-likeness (QED) is 0.418. The van der Waals surface area contributed by atoms with Crippen molar-refractivity contribution >= 4 is 58.4 Å². The number of hydrogen-bond donors (Lipinski definition) is 1. The van der Waals surface area contributed by atoms with Crippen molar-refractivity contribution in [2.45, 2.75) is 12.5 Å². The molecule has 0 radical (unpaired) electrons. The summed E-state index contributed by atoms with van der Waals surface area (Å²) in [5.74, 6) is -3.13. The van der Waals surface area contributed by atoms with E-state index in [0.29, 0.717) is 17.4 Å². The van der Waals surface area contributed by atoms with Gasteiger partial charge in [-0.1, -0.05) is 48.2 Å². The van der Waals surface area contributed by atoms with Gasteiger partial charge in [0.2, 0.25) is 5.91 Å². The number of rotatable bonds is 6. The fourth-order valence-electron chi connectivity index (χ4n) is 2.04. The molecular formula is C15H11N2O5S2-. The number of thioether (sulfide) groups is 1. The maximum absolute atomic E-state index is 12.4. The van der Waals surface area contributed by atoms with Crippen molar-refractivity contribution in [1.82, 2.24) is 4.90 Å². The van der Waals surface area contributed by atoms with E-state index in [1.54, 1.807) is 24.3 Å². The van der Waals surface area contributed by atoms with Gasteiger partial charge in [0.25, 0.3) is 5.91 Å². The van der Waals surface area contributed by atoms with Gasteiger partial charge in [0, 0.05) is 5.56 Å². The third-order valence-corrected chi connectivity index (χ3v) is 4.50. The fourth-order valence-corrected chi connectivity index (χ4v) is 3.40. The highest BCUT2D eigenvalue weighted by Crippen LogP contribution is 2.34. The van der Waals surface area contributed by atoms with Crippen molar-refractivity contribution < 1.29 is 24.3 Å². The minimum Gasteiger partial charge on any atom is -0.548 e. The number of amides is 2. The molecule has 124 valence electrons. The molecule has 0 unspecified atom stereocenters. The number of aliphatic carboxylic acids is 1. The number of nitrogens with zero attached hydrogens (tertiary/aromatic N) is 1. The van der Waals surface area contributed by atoms with E-state index in [4.69, 9.17) is 18.0 Å². The van der Waals surface area contributed by atoms with Crippen LogP contribution >= 0.6 is 24.0 Å². The van der Waals surface area contributed by atoms with Crippen molar-refractivity contribution in [2.24, 2.45) is 5.73 Å². The second kappa shape index (κ2) is 7.37. The number of carbonyl (C=O) groups is 4. The van der Waals surface area contributed by atoms with Gasteiger partial charge in [0.05, 0.1) is 23.3 Å². The number of aldehydes is 1. The molecule has 24 heavy (non-hydrogen) atoms. The first-order valence-corrected chi connectivity index (χ1v) is 7.87. The molecule has 7 nitrogen and oxygen atoms in total. The zero-order valence-electron chi connectivity index (χ0n) is 12.1. The molecule has 1 aromatic rings. The van der Waals surface area contributed by atoms with E-state index >= 15 is 0 Å². The van der Waals surface area contributed by atoms with E-state index < -0.39 is 30.2 Å². The highest BCUT2D eigenvalue weighted by Gasteiger charge is 2.38. The molecule has 1 saturated heterocycles. The number of hydrogen-bond acceptors (Lipinski definition) is 7. The van der Waals surface area contributed by atoms with Crippen LogP contribution in [0.2, 0.25) is 0 Å². The topological polar surface area (TPSA) is 121 Å². The first-order valence-electron chi connectivity index (χ1n) is 6.65. The predicted molar refractivity (Wildman–Crippen MR) is 89.4 cm³/mol. The van der Waals surface area contributed by atoms with E-state index in [0.717, 1.165) is 16.7 Å². The second-order valence-electron chi connectivity index (χ2n) is 4.84. The van der Waals surface area contributed by atoms with Gasteiger partial charge >= 0.3 is 0 Å². The summed E-state index contributed by atoms with van der Waals surface area (Å²) in [6.45, 7) is 0. The molecule has 1 fully saturated rings. The van der Waals surface area contributed by atoms with Crippen LogP contribution in [0.25, 0.3) is 6.08 Å². The molecule has 9 heteroatoms. The van der Waals surface area contributed by atoms with Crippen molar-refractivity contribution in [3.05, 3.63) is 40.3 Å². The number of benzene rings is 1. The summed E-state index contributed by atoms with van der Waals surface area (Å²) in [6.07, 6.45) is 1.62. The molecule has 1 aromatic carbocycles. The van der Waals surface area contributed by atoms with Gasteiger partial charge in [-0.05, 0) is 11.6 Å². The SMILES string of the molecule is NC(=O)C[C@@H](C(=O)[O-])N1C(=O)/C(=C/c2ccc(C=O)cc2)SC1=S. The Morgan fingerprint density at radius 1 is 1.29 bits per heavy atom. The summed E-state index contributed by atoms with van der Waals surface area (Å²) < 4.78 is 0.00575. The van der Waals surface area contributed by atoms with Crippen molar-refractivity contribution in [2.75, 3.05) is 0 Å². The van der Waals surface area contributed by atoms with Crippen LogP contribution in [0.5, 0.6) is 0 Å². The summed E-state index contributed by atoms with van der Waals surface area (Å²) in [5, 5.41) is 11.2. The Morgan fingerprint density at radius 2 is 1.88 bits per heavy atom. The molecular weight excluding hydrogens is 352 g/mol. The van der Waals surface area contributed by atoms with Crippen LogP contribution in [0.4, 0.5) is 0 Å². The van der Waals surface area contributed by atoms with Crippen LogP contribution in [0, 0.1) is 0 Å². The lowest BCUT2D eigenvalue weighted by Gasteiger charge is -2.26. The first kappa shape index (κ1) is 17.8. The molecule has 2 rings (SSSR count). The second-order valence-corrected chi connectivity index (χ2v) is 6.52. The lowest BCUT2D eigenvalue weighted by molar-refractivity contribution is -0.310. The maximum Gasteiger partial charge on any atom is 0.266 e. The molecule has 0 spiro atoms. The third kappa shape index (κ3) is 3.87. The Kier molecular flexibility index (Phi) is 5.47. The molecule has 0 saturated carbocycles. The average molecular weight is 363 g/mol. The largest absolute Gasteiger partial charge is 0.548 e. The normalized spacial score (nSPS) is 17.2. The number of thiocarbonyl (C=S) groups is 1. The van der Waals surface area contributed by atoms with E-state index in [9.17, 15) is 24.3 Å². The monoisotopic (exact) mass is 363 g/mol. The Bertz CT molecular complexity index is 758. The summed E-state index contributed by atoms with van der Waals surface area (Å²) in [5.41, 5.74) is 6.14. The van der Waals surface area contributed by atoms with Gasteiger partial charge in [0.1, 0.15) is 10.6 Å². The molecule has 1 atom stereocenters. The van der Waals surface area contributed by atoms with Crippen LogP contribution in [-0.2, 0) is 14.4 Å². The minimum absolute atomic E-state index is 0.00575. The Hall–Kier alpha value is -2.52. The first-order chi connectivity index (χ1) is 11.3. The lowest BCUT2D eigenvalue weighted by Crippen LogP contribution is -2.51. The Morgan fingerprint density at radius 3 is 2.38 bits per heavy atom. The lowest BCUT2D eigenvalue weighted by atomic mass is 10.1.